The van der Waals surface area contributed by atoms with Crippen molar-refractivity contribution in [2.75, 3.05) is 13.1 Å². The fraction of sp³-hybridized carbons (Fsp3) is 0.611. The first-order chi connectivity index (χ1) is 12.0. The van der Waals surface area contributed by atoms with Gasteiger partial charge in [-0.2, -0.15) is 5.10 Å². The molecule has 1 unspecified atom stereocenters. The number of likely N-dealkylation sites (tertiary alicyclic amines) is 1. The van der Waals surface area contributed by atoms with Crippen molar-refractivity contribution < 1.29 is 14.4 Å². The van der Waals surface area contributed by atoms with Crippen LogP contribution >= 0.6 is 0 Å². The summed E-state index contributed by atoms with van der Waals surface area (Å²) < 4.78 is 7.09. The van der Waals surface area contributed by atoms with E-state index in [1.165, 1.54) is 0 Å². The SMILES string of the molecule is Cc1cnn(Cc2c(C(=O)N3CCC4(CCC4O)CC3)noc2C)c1. The van der Waals surface area contributed by atoms with E-state index >= 15 is 0 Å². The van der Waals surface area contributed by atoms with Crippen molar-refractivity contribution in [2.24, 2.45) is 5.41 Å². The van der Waals surface area contributed by atoms with Crippen molar-refractivity contribution in [2.45, 2.75) is 52.2 Å². The zero-order valence-electron chi connectivity index (χ0n) is 14.7. The highest BCUT2D eigenvalue weighted by atomic mass is 16.5. The molecular formula is C18H24N4O3. The predicted octanol–water partition coefficient (Wildman–Crippen LogP) is 1.91. The molecule has 134 valence electrons. The monoisotopic (exact) mass is 344 g/mol. The third kappa shape index (κ3) is 2.76. The molecule has 1 spiro atoms. The first-order valence-electron chi connectivity index (χ1n) is 8.90. The smallest absolute Gasteiger partial charge is 0.276 e. The van der Waals surface area contributed by atoms with E-state index in [-0.39, 0.29) is 17.4 Å². The van der Waals surface area contributed by atoms with Crippen LogP contribution in [-0.2, 0) is 6.54 Å². The maximum absolute atomic E-state index is 12.9. The molecule has 7 nitrogen and oxygen atoms in total. The van der Waals surface area contributed by atoms with E-state index in [1.807, 2.05) is 24.9 Å². The maximum atomic E-state index is 12.9. The molecule has 1 atom stereocenters. The van der Waals surface area contributed by atoms with Gasteiger partial charge in [-0.1, -0.05) is 5.16 Å². The molecule has 7 heteroatoms. The number of rotatable bonds is 3. The van der Waals surface area contributed by atoms with E-state index in [4.69, 9.17) is 4.52 Å². The van der Waals surface area contributed by atoms with Crippen molar-refractivity contribution in [1.82, 2.24) is 19.8 Å². The Hall–Kier alpha value is -2.15. The highest BCUT2D eigenvalue weighted by Crippen LogP contribution is 2.49. The van der Waals surface area contributed by atoms with E-state index < -0.39 is 0 Å². The molecule has 1 saturated heterocycles. The summed E-state index contributed by atoms with van der Waals surface area (Å²) in [4.78, 5) is 14.8. The number of aliphatic hydroxyl groups is 1. The van der Waals surface area contributed by atoms with Crippen molar-refractivity contribution >= 4 is 5.91 Å². The van der Waals surface area contributed by atoms with Gasteiger partial charge in [-0.05, 0) is 50.5 Å². The van der Waals surface area contributed by atoms with Gasteiger partial charge in [0.25, 0.3) is 5.91 Å². The minimum atomic E-state index is -0.197. The number of aromatic nitrogens is 3. The summed E-state index contributed by atoms with van der Waals surface area (Å²) in [7, 11) is 0. The lowest BCUT2D eigenvalue weighted by atomic mass is 9.61. The second-order valence-electron chi connectivity index (χ2n) is 7.49. The second-order valence-corrected chi connectivity index (χ2v) is 7.49. The molecule has 0 aromatic carbocycles. The van der Waals surface area contributed by atoms with Gasteiger partial charge < -0.3 is 14.5 Å². The number of hydrogen-bond acceptors (Lipinski definition) is 5. The van der Waals surface area contributed by atoms with Crippen LogP contribution in [-0.4, -0.2) is 50.0 Å². The molecule has 2 aliphatic rings. The van der Waals surface area contributed by atoms with Crippen molar-refractivity contribution in [1.29, 1.82) is 0 Å². The lowest BCUT2D eigenvalue weighted by Crippen LogP contribution is -2.53. The molecule has 2 aromatic rings. The van der Waals surface area contributed by atoms with Crippen LogP contribution in [0.25, 0.3) is 0 Å². The van der Waals surface area contributed by atoms with Crippen LogP contribution in [0.2, 0.25) is 0 Å². The number of nitrogens with zero attached hydrogens (tertiary/aromatic N) is 4. The minimum absolute atomic E-state index is 0.0476. The molecule has 0 radical (unpaired) electrons. The average Bonchev–Trinajstić information content (AvgIpc) is 3.19. The summed E-state index contributed by atoms with van der Waals surface area (Å²) in [5.41, 5.74) is 2.29. The summed E-state index contributed by atoms with van der Waals surface area (Å²) in [6.07, 6.45) is 7.22. The van der Waals surface area contributed by atoms with Crippen molar-refractivity contribution in [3.63, 3.8) is 0 Å². The molecule has 2 fully saturated rings. The number of hydrogen-bond donors (Lipinski definition) is 1. The molecule has 0 bridgehead atoms. The zero-order chi connectivity index (χ0) is 17.6. The Labute approximate surface area is 146 Å². The Morgan fingerprint density at radius 3 is 2.68 bits per heavy atom. The van der Waals surface area contributed by atoms with Crippen LogP contribution in [0.5, 0.6) is 0 Å². The molecular weight excluding hydrogens is 320 g/mol. The average molecular weight is 344 g/mol. The standard InChI is InChI=1S/C18H24N4O3/c1-12-9-19-22(10-12)11-14-13(2)25-20-16(14)17(24)21-7-5-18(6-8-21)4-3-15(18)23/h9-10,15,23H,3-8,11H2,1-2H3. The van der Waals surface area contributed by atoms with Gasteiger partial charge in [-0.25, -0.2) is 0 Å². The van der Waals surface area contributed by atoms with Gasteiger partial charge in [0.15, 0.2) is 5.69 Å². The number of amides is 1. The summed E-state index contributed by atoms with van der Waals surface area (Å²) in [6, 6.07) is 0. The van der Waals surface area contributed by atoms with Crippen LogP contribution in [0.15, 0.2) is 16.9 Å². The van der Waals surface area contributed by atoms with Gasteiger partial charge >= 0.3 is 0 Å². The first kappa shape index (κ1) is 16.3. The molecule has 1 saturated carbocycles. The number of aliphatic hydroxyl groups excluding tert-OH is 1. The molecule has 2 aromatic heterocycles. The third-order valence-electron chi connectivity index (χ3n) is 5.94. The Morgan fingerprint density at radius 1 is 1.36 bits per heavy atom. The summed E-state index contributed by atoms with van der Waals surface area (Å²) in [5, 5.41) is 18.3. The lowest BCUT2D eigenvalue weighted by Gasteiger charge is -2.51. The van der Waals surface area contributed by atoms with Gasteiger partial charge in [0.05, 0.1) is 18.8 Å². The van der Waals surface area contributed by atoms with E-state index in [0.29, 0.717) is 31.1 Å². The van der Waals surface area contributed by atoms with Gasteiger partial charge in [0, 0.05) is 24.8 Å². The Balaban J connectivity index is 1.49. The Morgan fingerprint density at radius 2 is 2.12 bits per heavy atom. The minimum Gasteiger partial charge on any atom is -0.393 e. The van der Waals surface area contributed by atoms with Crippen LogP contribution in [0.3, 0.4) is 0 Å². The van der Waals surface area contributed by atoms with Crippen molar-refractivity contribution in [3.05, 3.63) is 35.0 Å². The topological polar surface area (TPSA) is 84.4 Å². The molecule has 25 heavy (non-hydrogen) atoms. The van der Waals surface area contributed by atoms with E-state index in [9.17, 15) is 9.90 Å². The number of carbonyl (C=O) groups is 1. The fourth-order valence-corrected chi connectivity index (χ4v) is 4.03. The van der Waals surface area contributed by atoms with Crippen LogP contribution < -0.4 is 0 Å². The normalized spacial score (nSPS) is 22.2. The number of aryl methyl sites for hydroxylation is 2. The largest absolute Gasteiger partial charge is 0.393 e. The number of carbonyl (C=O) groups excluding carboxylic acids is 1. The highest BCUT2D eigenvalue weighted by Gasteiger charge is 2.48. The molecule has 1 aliphatic heterocycles. The van der Waals surface area contributed by atoms with Crippen molar-refractivity contribution in [3.8, 4) is 0 Å². The maximum Gasteiger partial charge on any atom is 0.276 e. The zero-order valence-corrected chi connectivity index (χ0v) is 14.7. The Kier molecular flexibility index (Phi) is 3.91. The van der Waals surface area contributed by atoms with E-state index in [1.54, 1.807) is 10.9 Å². The molecule has 1 N–H and O–H groups in total. The quantitative estimate of drug-likeness (QED) is 0.919. The molecule has 4 rings (SSSR count). The van der Waals surface area contributed by atoms with Crippen LogP contribution in [0.4, 0.5) is 0 Å². The third-order valence-corrected chi connectivity index (χ3v) is 5.94. The van der Waals surface area contributed by atoms with E-state index in [0.717, 1.165) is 36.8 Å². The van der Waals surface area contributed by atoms with Crippen LogP contribution in [0, 0.1) is 19.3 Å². The highest BCUT2D eigenvalue weighted by molar-refractivity contribution is 5.93. The Bertz CT molecular complexity index is 786. The summed E-state index contributed by atoms with van der Waals surface area (Å²) in [6.45, 7) is 5.62. The van der Waals surface area contributed by atoms with Gasteiger partial charge in [0.1, 0.15) is 5.76 Å². The fourth-order valence-electron chi connectivity index (χ4n) is 4.03. The summed E-state index contributed by atoms with van der Waals surface area (Å²) >= 11 is 0. The van der Waals surface area contributed by atoms with Crippen LogP contribution in [0.1, 0.15) is 53.1 Å². The molecule has 3 heterocycles. The van der Waals surface area contributed by atoms with E-state index in [2.05, 4.69) is 10.3 Å². The van der Waals surface area contributed by atoms with Gasteiger partial charge in [-0.15, -0.1) is 0 Å². The van der Waals surface area contributed by atoms with Gasteiger partial charge in [0.2, 0.25) is 0 Å². The molecule has 1 aliphatic carbocycles. The number of piperidine rings is 1. The second kappa shape index (κ2) is 5.98. The first-order valence-corrected chi connectivity index (χ1v) is 8.90. The van der Waals surface area contributed by atoms with Gasteiger partial charge in [-0.3, -0.25) is 9.48 Å². The molecule has 1 amide bonds. The summed E-state index contributed by atoms with van der Waals surface area (Å²) in [5.74, 6) is 0.568. The lowest BCUT2D eigenvalue weighted by molar-refractivity contribution is -0.0953. The predicted molar refractivity (Wildman–Crippen MR) is 90.1 cm³/mol.